The molecule has 0 aliphatic carbocycles. The summed E-state index contributed by atoms with van der Waals surface area (Å²) in [6.07, 6.45) is 5.59. The molecule has 1 aromatic carbocycles. The van der Waals surface area contributed by atoms with Crippen molar-refractivity contribution in [3.63, 3.8) is 0 Å². The Morgan fingerprint density at radius 2 is 1.93 bits per heavy atom. The third-order valence-electron chi connectivity index (χ3n) is 7.69. The monoisotopic (exact) mass is 642 g/mol. The molecule has 0 radical (unpaired) electrons. The van der Waals surface area contributed by atoms with E-state index in [-0.39, 0.29) is 61.1 Å². The van der Waals surface area contributed by atoms with Crippen molar-refractivity contribution in [2.24, 2.45) is 0 Å². The van der Waals surface area contributed by atoms with Crippen LogP contribution in [0.4, 0.5) is 13.6 Å². The molecule has 1 amide bonds. The van der Waals surface area contributed by atoms with Crippen LogP contribution in [0.15, 0.2) is 47.9 Å². The van der Waals surface area contributed by atoms with Gasteiger partial charge in [-0.15, -0.1) is 0 Å². The van der Waals surface area contributed by atoms with Crippen LogP contribution in [0.5, 0.6) is 5.75 Å². The summed E-state index contributed by atoms with van der Waals surface area (Å²) in [5.74, 6) is -3.68. The fourth-order valence-electron chi connectivity index (χ4n) is 5.33. The fraction of sp³-hybridized carbons (Fsp3) is 0.419. The van der Waals surface area contributed by atoms with Gasteiger partial charge in [0.05, 0.1) is 31.1 Å². The normalized spacial score (nSPS) is 16.9. The van der Waals surface area contributed by atoms with Crippen molar-refractivity contribution in [1.82, 2.24) is 19.0 Å². The summed E-state index contributed by atoms with van der Waals surface area (Å²) >= 11 is 0. The van der Waals surface area contributed by atoms with Crippen molar-refractivity contribution in [1.29, 1.82) is 0 Å². The molecule has 1 saturated heterocycles. The highest BCUT2D eigenvalue weighted by Crippen LogP contribution is 2.30. The number of ketones is 2. The number of fused-ring (bicyclic) bond motifs is 2. The van der Waals surface area contributed by atoms with E-state index in [4.69, 9.17) is 18.9 Å². The molecule has 2 aliphatic heterocycles. The van der Waals surface area contributed by atoms with E-state index < -0.39 is 60.3 Å². The van der Waals surface area contributed by atoms with Gasteiger partial charge in [0.2, 0.25) is 18.0 Å². The molecule has 46 heavy (non-hydrogen) atoms. The topological polar surface area (TPSA) is 148 Å². The van der Waals surface area contributed by atoms with Crippen LogP contribution in [0.25, 0.3) is 0 Å². The summed E-state index contributed by atoms with van der Waals surface area (Å²) in [5.41, 5.74) is -1.35. The van der Waals surface area contributed by atoms with Gasteiger partial charge >= 0.3 is 6.16 Å². The highest BCUT2D eigenvalue weighted by Gasteiger charge is 2.43. The number of aromatic nitrogens is 3. The Labute approximate surface area is 261 Å². The number of nitrogens with zero attached hydrogens (tertiary/aromatic N) is 4. The first kappa shape index (κ1) is 32.5. The van der Waals surface area contributed by atoms with E-state index in [2.05, 4.69) is 4.98 Å². The lowest BCUT2D eigenvalue weighted by atomic mass is 10.0. The lowest BCUT2D eigenvalue weighted by Crippen LogP contribution is -2.49. The molecule has 0 N–H and O–H groups in total. The zero-order chi connectivity index (χ0) is 32.8. The highest BCUT2D eigenvalue weighted by atomic mass is 19.1. The number of rotatable bonds is 14. The molecule has 2 aromatic heterocycles. The quantitative estimate of drug-likeness (QED) is 0.111. The van der Waals surface area contributed by atoms with Gasteiger partial charge in [-0.25, -0.2) is 18.6 Å². The number of carbonyl (C=O) groups is 4. The molecule has 2 aliphatic rings. The van der Waals surface area contributed by atoms with E-state index in [0.717, 1.165) is 12.5 Å². The number of imidazole rings is 1. The van der Waals surface area contributed by atoms with Gasteiger partial charge in [0.15, 0.2) is 30.1 Å². The molecule has 15 heteroatoms. The molecular weight excluding hydrogens is 610 g/mol. The molecule has 0 bridgehead atoms. The SMILES string of the molecule is C[C@H]1CO[C@@H]2Cn3cc(C(=O)CCc4ccc(F)cc4F)c(=O)c(OCOC(=O)OCC(=O)CCCCn4ccnc4)c3C(=O)N12. The number of pyridine rings is 1. The van der Waals surface area contributed by atoms with E-state index in [1.165, 1.54) is 21.7 Å². The molecule has 0 unspecified atom stereocenters. The smallest absolute Gasteiger partial charge is 0.451 e. The second-order valence-corrected chi connectivity index (χ2v) is 11.0. The Balaban J connectivity index is 1.23. The van der Waals surface area contributed by atoms with Gasteiger partial charge in [0, 0.05) is 44.0 Å². The standard InChI is InChI=1S/C31H32F2N4O9/c1-19-15-43-26-14-36-13-23(25(39)8-6-20-5-7-21(32)12-24(20)33)28(40)29(27(36)30(41)37(19)26)45-18-46-31(42)44-16-22(38)4-2-3-10-35-11-9-34-17-35/h5,7,9,11-13,17,19,26H,2-4,6,8,10,14-16,18H2,1H3/t19-,26+/m0/s1. The second-order valence-electron chi connectivity index (χ2n) is 11.0. The molecule has 13 nitrogen and oxygen atoms in total. The van der Waals surface area contributed by atoms with Gasteiger partial charge in [-0.3, -0.25) is 19.2 Å². The minimum atomic E-state index is -1.23. The van der Waals surface area contributed by atoms with Gasteiger partial charge in [-0.1, -0.05) is 6.07 Å². The summed E-state index contributed by atoms with van der Waals surface area (Å²) in [6, 6.07) is 2.68. The number of Topliss-reactive ketones (excluding diaryl/α,β-unsaturated/α-hetero) is 2. The van der Waals surface area contributed by atoms with E-state index in [9.17, 15) is 32.8 Å². The van der Waals surface area contributed by atoms with Crippen molar-refractivity contribution in [2.45, 2.75) is 64.4 Å². The van der Waals surface area contributed by atoms with Gasteiger partial charge in [0.1, 0.15) is 11.6 Å². The van der Waals surface area contributed by atoms with Crippen LogP contribution < -0.4 is 10.2 Å². The van der Waals surface area contributed by atoms with E-state index in [1.54, 1.807) is 19.4 Å². The number of unbranched alkanes of at least 4 members (excludes halogenated alkanes) is 1. The summed E-state index contributed by atoms with van der Waals surface area (Å²) in [7, 11) is 0. The second kappa shape index (κ2) is 14.5. The summed E-state index contributed by atoms with van der Waals surface area (Å²) in [4.78, 5) is 69.8. The Morgan fingerprint density at radius 3 is 2.70 bits per heavy atom. The molecule has 0 spiro atoms. The third-order valence-corrected chi connectivity index (χ3v) is 7.69. The Kier molecular flexibility index (Phi) is 10.2. The van der Waals surface area contributed by atoms with E-state index in [0.29, 0.717) is 19.0 Å². The predicted octanol–water partition coefficient (Wildman–Crippen LogP) is 3.27. The van der Waals surface area contributed by atoms with Crippen LogP contribution >= 0.6 is 0 Å². The molecule has 2 atom stereocenters. The fourth-order valence-corrected chi connectivity index (χ4v) is 5.33. The average molecular weight is 643 g/mol. The summed E-state index contributed by atoms with van der Waals surface area (Å²) in [6.45, 7) is 1.44. The summed E-state index contributed by atoms with van der Waals surface area (Å²) in [5, 5.41) is 0. The summed E-state index contributed by atoms with van der Waals surface area (Å²) < 4.78 is 51.6. The van der Waals surface area contributed by atoms with Crippen LogP contribution in [0, 0.1) is 11.6 Å². The average Bonchev–Trinajstić information content (AvgIpc) is 3.68. The molecule has 244 valence electrons. The first-order chi connectivity index (χ1) is 22.1. The predicted molar refractivity (Wildman–Crippen MR) is 154 cm³/mol. The third kappa shape index (κ3) is 7.47. The minimum Gasteiger partial charge on any atom is -0.451 e. The van der Waals surface area contributed by atoms with Gasteiger partial charge in [-0.2, -0.15) is 0 Å². The van der Waals surface area contributed by atoms with Crippen molar-refractivity contribution in [2.75, 3.05) is 20.0 Å². The molecule has 1 fully saturated rings. The van der Waals surface area contributed by atoms with Gasteiger partial charge in [0.25, 0.3) is 5.91 Å². The van der Waals surface area contributed by atoms with Crippen molar-refractivity contribution in [3.8, 4) is 5.75 Å². The number of amides is 1. The van der Waals surface area contributed by atoms with Crippen LogP contribution in [-0.4, -0.2) is 74.9 Å². The van der Waals surface area contributed by atoms with E-state index >= 15 is 0 Å². The number of halogens is 2. The molecule has 0 saturated carbocycles. The van der Waals surface area contributed by atoms with E-state index in [1.807, 2.05) is 10.8 Å². The Bertz CT molecular complexity index is 1670. The molecular formula is C31H32F2N4O9. The largest absolute Gasteiger partial charge is 0.511 e. The maximum absolute atomic E-state index is 14.1. The van der Waals surface area contributed by atoms with Gasteiger partial charge < -0.3 is 33.0 Å². The first-order valence-corrected chi connectivity index (χ1v) is 14.7. The molecule has 3 aromatic rings. The van der Waals surface area contributed by atoms with Crippen LogP contribution in [0.3, 0.4) is 0 Å². The van der Waals surface area contributed by atoms with Crippen molar-refractivity contribution in [3.05, 3.63) is 81.8 Å². The number of ether oxygens (including phenoxy) is 4. The molecule has 5 rings (SSSR count). The first-order valence-electron chi connectivity index (χ1n) is 14.7. The number of aryl methyl sites for hydroxylation is 2. The Hall–Kier alpha value is -4.92. The number of benzene rings is 1. The highest BCUT2D eigenvalue weighted by molar-refractivity contribution is 6.00. The zero-order valence-corrected chi connectivity index (χ0v) is 25.0. The van der Waals surface area contributed by atoms with Crippen LogP contribution in [-0.2, 0) is 38.5 Å². The maximum Gasteiger partial charge on any atom is 0.511 e. The lowest BCUT2D eigenvalue weighted by Gasteiger charge is -2.34. The van der Waals surface area contributed by atoms with Crippen LogP contribution in [0.1, 0.15) is 59.0 Å². The number of hydrogen-bond donors (Lipinski definition) is 0. The number of hydrogen-bond acceptors (Lipinski definition) is 10. The zero-order valence-electron chi connectivity index (χ0n) is 25.0. The van der Waals surface area contributed by atoms with Crippen LogP contribution in [0.2, 0.25) is 0 Å². The maximum atomic E-state index is 14.1. The minimum absolute atomic E-state index is 0.0856. The lowest BCUT2D eigenvalue weighted by molar-refractivity contribution is -0.123. The van der Waals surface area contributed by atoms with Gasteiger partial charge in [-0.05, 0) is 37.8 Å². The Morgan fingerprint density at radius 1 is 1.11 bits per heavy atom. The van der Waals surface area contributed by atoms with Crippen molar-refractivity contribution < 1.29 is 46.9 Å². The number of carbonyl (C=O) groups excluding carboxylic acids is 4. The molecule has 4 heterocycles. The van der Waals surface area contributed by atoms with Crippen molar-refractivity contribution >= 4 is 23.6 Å².